The predicted molar refractivity (Wildman–Crippen MR) is 94.8 cm³/mol. The highest BCUT2D eigenvalue weighted by atomic mass is 32.2. The Balaban J connectivity index is 0.000000242. The van der Waals surface area contributed by atoms with Gasteiger partial charge in [0.1, 0.15) is 6.20 Å². The molecule has 0 aliphatic carbocycles. The highest BCUT2D eigenvalue weighted by Crippen LogP contribution is 2.34. The molecule has 3 aromatic rings. The predicted octanol–water partition coefficient (Wildman–Crippen LogP) is 3.31. The zero-order valence-electron chi connectivity index (χ0n) is 14.4. The molecule has 2 heterocycles. The van der Waals surface area contributed by atoms with E-state index in [2.05, 4.69) is 64.3 Å². The number of aryl methyl sites for hydroxylation is 2. The van der Waals surface area contributed by atoms with Crippen LogP contribution in [0.25, 0.3) is 22.5 Å². The first-order valence-corrected chi connectivity index (χ1v) is 9.63. The van der Waals surface area contributed by atoms with Gasteiger partial charge in [-0.25, -0.2) is 13.0 Å². The largest absolute Gasteiger partial charge is 0.741 e. The molecule has 4 rings (SSSR count). The Morgan fingerprint density at radius 1 is 1.00 bits per heavy atom. The third-order valence-corrected chi connectivity index (χ3v) is 4.75. The molecule has 0 unspecified atom stereocenters. The third-order valence-electron chi connectivity index (χ3n) is 4.19. The second-order valence-electron chi connectivity index (χ2n) is 5.99. The van der Waals surface area contributed by atoms with Gasteiger partial charge in [-0.1, -0.05) is 48.5 Å². The van der Waals surface area contributed by atoms with Gasteiger partial charge in [-0.3, -0.25) is 0 Å². The summed E-state index contributed by atoms with van der Waals surface area (Å²) in [7, 11) is -6.09. The highest BCUT2D eigenvalue weighted by Gasteiger charge is 2.36. The lowest BCUT2D eigenvalue weighted by Crippen LogP contribution is -2.40. The van der Waals surface area contributed by atoms with E-state index in [-0.39, 0.29) is 0 Å². The quantitative estimate of drug-likeness (QED) is 0.352. The Kier molecular flexibility index (Phi) is 5.48. The van der Waals surface area contributed by atoms with Gasteiger partial charge in [0.05, 0.1) is 18.3 Å². The number of hydrogen-bond donors (Lipinski definition) is 0. The summed E-state index contributed by atoms with van der Waals surface area (Å²) in [5, 5.41) is 0. The van der Waals surface area contributed by atoms with E-state index in [1.54, 1.807) is 0 Å². The molecule has 2 aromatic carbocycles. The topological polar surface area (TPSA) is 74.0 Å². The summed E-state index contributed by atoms with van der Waals surface area (Å²) in [5.41, 5.74) is -0.443. The molecule has 0 fully saturated rings. The second kappa shape index (κ2) is 7.69. The van der Waals surface area contributed by atoms with E-state index in [1.807, 2.05) is 12.3 Å². The standard InChI is InChI=1S/C18H15N2.CHF3O3S/c1-2-6-14(7-3-1)16-9-4-8-15-10-13-20-12-5-11-19-18(20)17(15)16;2-1(3,4)8(5,6)7/h1-9,11-12H,10,13H2;(H,5,6,7)/q+1;/p-1. The van der Waals surface area contributed by atoms with Crippen molar-refractivity contribution in [1.82, 2.24) is 4.98 Å². The first kappa shape index (κ1) is 20.0. The van der Waals surface area contributed by atoms with Crippen molar-refractivity contribution < 1.29 is 30.7 Å². The highest BCUT2D eigenvalue weighted by molar-refractivity contribution is 7.86. The maximum Gasteiger partial charge on any atom is 0.485 e. The van der Waals surface area contributed by atoms with E-state index in [0.717, 1.165) is 18.8 Å². The molecule has 0 radical (unpaired) electrons. The molecule has 146 valence electrons. The van der Waals surface area contributed by atoms with Gasteiger partial charge in [-0.2, -0.15) is 13.2 Å². The van der Waals surface area contributed by atoms with Gasteiger partial charge >= 0.3 is 11.3 Å². The maximum absolute atomic E-state index is 10.7. The summed E-state index contributed by atoms with van der Waals surface area (Å²) in [6.45, 7) is 1.01. The molecule has 9 heteroatoms. The van der Waals surface area contributed by atoms with Crippen LogP contribution in [0.2, 0.25) is 0 Å². The molecule has 28 heavy (non-hydrogen) atoms. The van der Waals surface area contributed by atoms with Crippen molar-refractivity contribution in [1.29, 1.82) is 0 Å². The van der Waals surface area contributed by atoms with Crippen LogP contribution >= 0.6 is 0 Å². The minimum Gasteiger partial charge on any atom is -0.741 e. The molecule has 0 atom stereocenters. The van der Waals surface area contributed by atoms with Crippen LogP contribution in [0, 0.1) is 0 Å². The van der Waals surface area contributed by atoms with Crippen LogP contribution in [0.4, 0.5) is 13.2 Å². The Labute approximate surface area is 159 Å². The van der Waals surface area contributed by atoms with Crippen molar-refractivity contribution in [3.8, 4) is 22.5 Å². The summed E-state index contributed by atoms with van der Waals surface area (Å²) in [6.07, 6.45) is 5.06. The first-order chi connectivity index (χ1) is 13.2. The molecule has 0 amide bonds. The fourth-order valence-corrected chi connectivity index (χ4v) is 2.96. The van der Waals surface area contributed by atoms with Crippen LogP contribution in [0.3, 0.4) is 0 Å². The zero-order valence-corrected chi connectivity index (χ0v) is 15.2. The summed E-state index contributed by atoms with van der Waals surface area (Å²) in [4.78, 5) is 4.61. The first-order valence-electron chi connectivity index (χ1n) is 8.23. The minimum atomic E-state index is -6.09. The molecule has 1 aromatic heterocycles. The number of fused-ring (bicyclic) bond motifs is 3. The van der Waals surface area contributed by atoms with Gasteiger partial charge in [0, 0.05) is 12.5 Å². The van der Waals surface area contributed by atoms with Crippen LogP contribution in [0.15, 0.2) is 67.0 Å². The van der Waals surface area contributed by atoms with Gasteiger partial charge in [0.2, 0.25) is 0 Å². The normalized spacial score (nSPS) is 13.0. The Morgan fingerprint density at radius 2 is 1.68 bits per heavy atom. The van der Waals surface area contributed by atoms with Crippen LogP contribution in [-0.2, 0) is 23.1 Å². The average Bonchev–Trinajstić information content (AvgIpc) is 2.67. The van der Waals surface area contributed by atoms with Crippen molar-refractivity contribution >= 4 is 10.1 Å². The SMILES string of the molecule is O=S(=O)([O-])C(F)(F)F.c1ccc(-c2cccc3c2-c2nccc[n+]2CC3)cc1. The smallest absolute Gasteiger partial charge is 0.485 e. The second-order valence-corrected chi connectivity index (χ2v) is 7.36. The molecule has 5 nitrogen and oxygen atoms in total. The fourth-order valence-electron chi connectivity index (χ4n) is 2.96. The third kappa shape index (κ3) is 4.20. The van der Waals surface area contributed by atoms with Crippen LogP contribution in [0.1, 0.15) is 5.56 Å². The number of nitrogens with zero attached hydrogens (tertiary/aromatic N) is 2. The summed E-state index contributed by atoms with van der Waals surface area (Å²) in [6, 6.07) is 19.1. The lowest BCUT2D eigenvalue weighted by molar-refractivity contribution is -0.690. The maximum atomic E-state index is 10.7. The van der Waals surface area contributed by atoms with E-state index >= 15 is 0 Å². The van der Waals surface area contributed by atoms with E-state index in [4.69, 9.17) is 13.0 Å². The monoisotopic (exact) mass is 408 g/mol. The van der Waals surface area contributed by atoms with E-state index < -0.39 is 15.6 Å². The average molecular weight is 408 g/mol. The van der Waals surface area contributed by atoms with Gasteiger partial charge in [-0.05, 0) is 21.7 Å². The van der Waals surface area contributed by atoms with Gasteiger partial charge in [0.25, 0.3) is 0 Å². The van der Waals surface area contributed by atoms with Crippen molar-refractivity contribution in [3.05, 3.63) is 72.6 Å². The molecule has 0 spiro atoms. The summed E-state index contributed by atoms with van der Waals surface area (Å²) >= 11 is 0. The number of rotatable bonds is 1. The van der Waals surface area contributed by atoms with E-state index in [9.17, 15) is 13.2 Å². The molecule has 1 aliphatic heterocycles. The Morgan fingerprint density at radius 3 is 2.32 bits per heavy atom. The molecular formula is C19H15F3N2O3S. The molecule has 0 saturated carbocycles. The number of hydrogen-bond acceptors (Lipinski definition) is 4. The summed E-state index contributed by atoms with van der Waals surface area (Å²) < 4.78 is 61.1. The van der Waals surface area contributed by atoms with Crippen LogP contribution in [0.5, 0.6) is 0 Å². The molecule has 0 bridgehead atoms. The van der Waals surface area contributed by atoms with Gasteiger partial charge in [0.15, 0.2) is 10.1 Å². The fraction of sp³-hybridized carbons (Fsp3) is 0.158. The zero-order chi connectivity index (χ0) is 20.4. The molecule has 1 aliphatic rings. The lowest BCUT2D eigenvalue weighted by Gasteiger charge is -2.17. The van der Waals surface area contributed by atoms with Crippen molar-refractivity contribution in [2.45, 2.75) is 18.5 Å². The van der Waals surface area contributed by atoms with Crippen LogP contribution < -0.4 is 4.57 Å². The van der Waals surface area contributed by atoms with E-state index in [0.29, 0.717) is 0 Å². The summed E-state index contributed by atoms with van der Waals surface area (Å²) in [5.74, 6) is 1.08. The lowest BCUT2D eigenvalue weighted by atomic mass is 9.91. The molecule has 0 N–H and O–H groups in total. The minimum absolute atomic E-state index is 1.01. The van der Waals surface area contributed by atoms with Crippen molar-refractivity contribution in [2.24, 2.45) is 0 Å². The Bertz CT molecular complexity index is 1090. The van der Waals surface area contributed by atoms with Gasteiger partial charge in [-0.15, -0.1) is 0 Å². The number of halogens is 3. The molecular weight excluding hydrogens is 393 g/mol. The van der Waals surface area contributed by atoms with E-state index in [1.165, 1.54) is 22.3 Å². The molecule has 0 saturated heterocycles. The number of benzene rings is 2. The van der Waals surface area contributed by atoms with Crippen molar-refractivity contribution in [3.63, 3.8) is 0 Å². The number of alkyl halides is 3. The van der Waals surface area contributed by atoms with Crippen molar-refractivity contribution in [2.75, 3.05) is 0 Å². The van der Waals surface area contributed by atoms with Crippen LogP contribution in [-0.4, -0.2) is 23.5 Å². The van der Waals surface area contributed by atoms with Gasteiger partial charge < -0.3 is 4.55 Å². The Hall–Kier alpha value is -2.78. The number of aromatic nitrogens is 2.